The summed E-state index contributed by atoms with van der Waals surface area (Å²) in [5.74, 6) is -1.81. The fraction of sp³-hybridized carbons (Fsp3) is 0.640. The highest BCUT2D eigenvalue weighted by atomic mass is 16.5. The van der Waals surface area contributed by atoms with Gasteiger partial charge in [0, 0.05) is 25.9 Å². The lowest BCUT2D eigenvalue weighted by molar-refractivity contribution is -0.140. The number of fused-ring (bicyclic) bond motifs is 1. The van der Waals surface area contributed by atoms with Gasteiger partial charge in [-0.3, -0.25) is 14.4 Å². The van der Waals surface area contributed by atoms with Crippen molar-refractivity contribution in [3.8, 4) is 0 Å². The molecule has 3 fully saturated rings. The summed E-state index contributed by atoms with van der Waals surface area (Å²) >= 11 is 0. The monoisotopic (exact) mass is 457 g/mol. The van der Waals surface area contributed by atoms with Crippen LogP contribution in [0.15, 0.2) is 18.2 Å². The summed E-state index contributed by atoms with van der Waals surface area (Å²) < 4.78 is 6.38. The summed E-state index contributed by atoms with van der Waals surface area (Å²) in [4.78, 5) is 41.8. The molecule has 3 saturated heterocycles. The van der Waals surface area contributed by atoms with Crippen LogP contribution in [0.1, 0.15) is 49.7 Å². The third-order valence-corrected chi connectivity index (χ3v) is 7.63. The van der Waals surface area contributed by atoms with Crippen molar-refractivity contribution in [2.75, 3.05) is 25.5 Å². The van der Waals surface area contributed by atoms with E-state index in [1.54, 1.807) is 11.9 Å². The third kappa shape index (κ3) is 3.93. The van der Waals surface area contributed by atoms with E-state index in [1.165, 1.54) is 0 Å². The number of carbonyl (C=O) groups excluding carboxylic acids is 3. The van der Waals surface area contributed by atoms with Gasteiger partial charge in [0.1, 0.15) is 11.6 Å². The number of benzene rings is 1. The summed E-state index contributed by atoms with van der Waals surface area (Å²) in [7, 11) is 1.57. The number of anilines is 1. The number of nitrogens with one attached hydrogen (secondary N) is 2. The predicted octanol–water partition coefficient (Wildman–Crippen LogP) is 1.92. The first-order chi connectivity index (χ1) is 15.9. The fourth-order valence-electron chi connectivity index (χ4n) is 6.11. The van der Waals surface area contributed by atoms with Gasteiger partial charge in [0.15, 0.2) is 0 Å². The standard InChI is InChI=1S/C25H35N3O5/c1-15-9-8-10-16(2)20(15)27-23(31)21-25-12-11-17(33-25)18(22(30)26-3)19(25)24(32)28(21)13-6-4-5-7-14-29/h8-10,17-19,21,29H,4-7,11-14H2,1-3H3,(H,26,30)(H,27,31)/t17-,18+,19-,21?,25?/m0/s1. The lowest BCUT2D eigenvalue weighted by Gasteiger charge is -2.33. The van der Waals surface area contributed by atoms with E-state index in [0.717, 1.165) is 42.5 Å². The number of carbonyl (C=O) groups is 3. The summed E-state index contributed by atoms with van der Waals surface area (Å²) in [5.41, 5.74) is 1.70. The molecule has 1 aromatic rings. The minimum atomic E-state index is -0.968. The number of likely N-dealkylation sites (tertiary alicyclic amines) is 1. The molecular weight excluding hydrogens is 422 g/mol. The highest BCUT2D eigenvalue weighted by Gasteiger charge is 2.74. The minimum Gasteiger partial charge on any atom is -0.396 e. The molecule has 2 bridgehead atoms. The maximum Gasteiger partial charge on any atom is 0.250 e. The van der Waals surface area contributed by atoms with Crippen LogP contribution in [0.4, 0.5) is 5.69 Å². The van der Waals surface area contributed by atoms with Crippen molar-refractivity contribution >= 4 is 23.4 Å². The number of hydrogen-bond acceptors (Lipinski definition) is 5. The Morgan fingerprint density at radius 3 is 2.52 bits per heavy atom. The number of aliphatic hydroxyl groups is 1. The first kappa shape index (κ1) is 23.7. The maximum atomic E-state index is 13.8. The molecule has 0 saturated carbocycles. The Morgan fingerprint density at radius 2 is 1.85 bits per heavy atom. The molecule has 0 radical (unpaired) electrons. The molecule has 1 spiro atoms. The van der Waals surface area contributed by atoms with Crippen LogP contribution in [0.25, 0.3) is 0 Å². The molecule has 33 heavy (non-hydrogen) atoms. The molecule has 0 aromatic heterocycles. The van der Waals surface area contributed by atoms with E-state index in [0.29, 0.717) is 19.4 Å². The zero-order valence-corrected chi connectivity index (χ0v) is 19.7. The molecule has 3 heterocycles. The number of aryl methyl sites for hydroxylation is 2. The quantitative estimate of drug-likeness (QED) is 0.491. The highest BCUT2D eigenvalue weighted by molar-refractivity contribution is 6.04. The van der Waals surface area contributed by atoms with Gasteiger partial charge in [-0.25, -0.2) is 0 Å². The molecular formula is C25H35N3O5. The van der Waals surface area contributed by atoms with Crippen LogP contribution in [0.5, 0.6) is 0 Å². The number of hydrogen-bond donors (Lipinski definition) is 3. The van der Waals surface area contributed by atoms with E-state index < -0.39 is 23.5 Å². The normalized spacial score (nSPS) is 29.9. The van der Waals surface area contributed by atoms with Gasteiger partial charge in [-0.1, -0.05) is 31.0 Å². The van der Waals surface area contributed by atoms with Crippen molar-refractivity contribution in [2.24, 2.45) is 11.8 Å². The number of aliphatic hydroxyl groups excluding tert-OH is 1. The largest absolute Gasteiger partial charge is 0.396 e. The Kier molecular flexibility index (Phi) is 6.77. The second kappa shape index (κ2) is 9.43. The number of rotatable bonds is 9. The zero-order chi connectivity index (χ0) is 23.8. The van der Waals surface area contributed by atoms with Crippen LogP contribution in [-0.2, 0) is 19.1 Å². The van der Waals surface area contributed by atoms with Crippen LogP contribution in [0.2, 0.25) is 0 Å². The lowest BCUT2D eigenvalue weighted by Crippen LogP contribution is -2.53. The van der Waals surface area contributed by atoms with Crippen molar-refractivity contribution in [2.45, 2.75) is 70.1 Å². The van der Waals surface area contributed by atoms with E-state index in [4.69, 9.17) is 9.84 Å². The third-order valence-electron chi connectivity index (χ3n) is 7.63. The van der Waals surface area contributed by atoms with E-state index in [2.05, 4.69) is 10.6 Å². The van der Waals surface area contributed by atoms with Crippen LogP contribution in [0, 0.1) is 25.7 Å². The van der Waals surface area contributed by atoms with Crippen molar-refractivity contribution in [3.63, 3.8) is 0 Å². The van der Waals surface area contributed by atoms with E-state index in [9.17, 15) is 14.4 Å². The Bertz CT molecular complexity index is 914. The molecule has 4 rings (SSSR count). The predicted molar refractivity (Wildman–Crippen MR) is 123 cm³/mol. The summed E-state index contributed by atoms with van der Waals surface area (Å²) in [5, 5.41) is 14.8. The molecule has 3 amide bonds. The SMILES string of the molecule is CNC(=O)[C@@H]1[C@@H]2CCC3(O2)C(C(=O)Nc2c(C)cccc2C)N(CCCCCCO)C(=O)[C@H]13. The van der Waals surface area contributed by atoms with Crippen molar-refractivity contribution < 1.29 is 24.2 Å². The molecule has 1 aromatic carbocycles. The van der Waals surface area contributed by atoms with E-state index in [-0.39, 0.29) is 30.4 Å². The Labute approximate surface area is 195 Å². The average molecular weight is 458 g/mol. The van der Waals surface area contributed by atoms with E-state index >= 15 is 0 Å². The van der Waals surface area contributed by atoms with Crippen LogP contribution >= 0.6 is 0 Å². The van der Waals surface area contributed by atoms with Crippen molar-refractivity contribution in [3.05, 3.63) is 29.3 Å². The molecule has 5 atom stereocenters. The van der Waals surface area contributed by atoms with Gasteiger partial charge in [-0.2, -0.15) is 0 Å². The molecule has 3 aliphatic heterocycles. The zero-order valence-electron chi connectivity index (χ0n) is 19.7. The number of nitrogens with zero attached hydrogens (tertiary/aromatic N) is 1. The lowest BCUT2D eigenvalue weighted by atomic mass is 9.70. The summed E-state index contributed by atoms with van der Waals surface area (Å²) in [6.45, 7) is 4.48. The summed E-state index contributed by atoms with van der Waals surface area (Å²) in [6, 6.07) is 5.07. The summed E-state index contributed by atoms with van der Waals surface area (Å²) in [6.07, 6.45) is 4.10. The molecule has 8 heteroatoms. The first-order valence-corrected chi connectivity index (χ1v) is 12.0. The molecule has 2 unspecified atom stereocenters. The molecule has 8 nitrogen and oxygen atoms in total. The average Bonchev–Trinajstić information content (AvgIpc) is 3.43. The van der Waals surface area contributed by atoms with Crippen LogP contribution in [0.3, 0.4) is 0 Å². The Balaban J connectivity index is 1.64. The number of amides is 3. The smallest absolute Gasteiger partial charge is 0.250 e. The van der Waals surface area contributed by atoms with Gasteiger partial charge in [0.25, 0.3) is 0 Å². The van der Waals surface area contributed by atoms with Gasteiger partial charge >= 0.3 is 0 Å². The number of ether oxygens (including phenoxy) is 1. The van der Waals surface area contributed by atoms with Gasteiger partial charge in [-0.15, -0.1) is 0 Å². The second-order valence-electron chi connectivity index (χ2n) is 9.60. The Hall–Kier alpha value is -2.45. The van der Waals surface area contributed by atoms with Crippen molar-refractivity contribution in [1.29, 1.82) is 0 Å². The molecule has 180 valence electrons. The minimum absolute atomic E-state index is 0.150. The fourth-order valence-corrected chi connectivity index (χ4v) is 6.11. The second-order valence-corrected chi connectivity index (χ2v) is 9.60. The molecule has 0 aliphatic carbocycles. The first-order valence-electron chi connectivity index (χ1n) is 12.0. The van der Waals surface area contributed by atoms with E-state index in [1.807, 2.05) is 32.0 Å². The number of unbranched alkanes of at least 4 members (excludes halogenated alkanes) is 3. The van der Waals surface area contributed by atoms with Crippen molar-refractivity contribution in [1.82, 2.24) is 10.2 Å². The Morgan fingerprint density at radius 1 is 1.15 bits per heavy atom. The van der Waals surface area contributed by atoms with Crippen LogP contribution in [-0.4, -0.2) is 65.7 Å². The maximum absolute atomic E-state index is 13.8. The van der Waals surface area contributed by atoms with Gasteiger partial charge in [0.2, 0.25) is 17.7 Å². The topological polar surface area (TPSA) is 108 Å². The highest BCUT2D eigenvalue weighted by Crippen LogP contribution is 2.58. The van der Waals surface area contributed by atoms with Gasteiger partial charge in [-0.05, 0) is 50.7 Å². The van der Waals surface area contributed by atoms with Gasteiger partial charge in [0.05, 0.1) is 17.9 Å². The molecule has 3 aliphatic rings. The van der Waals surface area contributed by atoms with Gasteiger partial charge < -0.3 is 25.4 Å². The number of para-hydroxylation sites is 1. The van der Waals surface area contributed by atoms with Crippen LogP contribution < -0.4 is 10.6 Å². The molecule has 3 N–H and O–H groups in total.